The van der Waals surface area contributed by atoms with Gasteiger partial charge in [-0.3, -0.25) is 0 Å². The van der Waals surface area contributed by atoms with Crippen LogP contribution in [0.3, 0.4) is 0 Å². The molecule has 0 bridgehead atoms. The fourth-order valence-corrected chi connectivity index (χ4v) is 3.16. The van der Waals surface area contributed by atoms with Gasteiger partial charge in [-0.05, 0) is 12.7 Å². The van der Waals surface area contributed by atoms with Gasteiger partial charge >= 0.3 is 12.0 Å². The summed E-state index contributed by atoms with van der Waals surface area (Å²) in [5.41, 5.74) is 0. The van der Waals surface area contributed by atoms with Gasteiger partial charge in [0.05, 0.1) is 6.10 Å². The van der Waals surface area contributed by atoms with E-state index in [1.807, 2.05) is 13.2 Å². The number of hydrogen-bond donors (Lipinski definition) is 2. The Labute approximate surface area is 117 Å². The van der Waals surface area contributed by atoms with Crippen LogP contribution in [0.15, 0.2) is 0 Å². The number of likely N-dealkylation sites (tertiary alicyclic amines) is 1. The molecule has 1 rings (SSSR count). The number of hydrogen-bond acceptors (Lipinski definition) is 4. The number of carbonyl (C=O) groups is 2. The Balaban J connectivity index is 2.77. The largest absolute Gasteiger partial charge is 0.480 e. The molecule has 7 heteroatoms. The zero-order valence-electron chi connectivity index (χ0n) is 11.6. The second-order valence-electron chi connectivity index (χ2n) is 4.81. The molecular formula is C12H22N2O4S. The maximum Gasteiger partial charge on any atom is 0.326 e. The van der Waals surface area contributed by atoms with Crippen molar-refractivity contribution in [3.63, 3.8) is 0 Å². The highest BCUT2D eigenvalue weighted by Crippen LogP contribution is 2.21. The van der Waals surface area contributed by atoms with E-state index in [2.05, 4.69) is 0 Å². The van der Waals surface area contributed by atoms with E-state index in [-0.39, 0.29) is 25.0 Å². The fraction of sp³-hybridized carbons (Fsp3) is 0.833. The van der Waals surface area contributed by atoms with Crippen molar-refractivity contribution in [3.8, 4) is 0 Å². The number of nitrogens with zero attached hydrogens (tertiary/aromatic N) is 2. The van der Waals surface area contributed by atoms with Crippen molar-refractivity contribution >= 4 is 23.8 Å². The Morgan fingerprint density at radius 1 is 1.53 bits per heavy atom. The molecule has 1 unspecified atom stereocenters. The Morgan fingerprint density at radius 3 is 2.63 bits per heavy atom. The zero-order chi connectivity index (χ0) is 14.6. The molecule has 1 aliphatic rings. The zero-order valence-corrected chi connectivity index (χ0v) is 12.4. The number of amides is 2. The highest BCUT2D eigenvalue weighted by molar-refractivity contribution is 7.98. The van der Waals surface area contributed by atoms with E-state index in [0.29, 0.717) is 0 Å². The summed E-state index contributed by atoms with van der Waals surface area (Å²) >= 11 is 1.65. The van der Waals surface area contributed by atoms with Gasteiger partial charge in [0.15, 0.2) is 0 Å². The molecule has 0 spiro atoms. The van der Waals surface area contributed by atoms with Crippen LogP contribution in [0, 0.1) is 0 Å². The van der Waals surface area contributed by atoms with Crippen molar-refractivity contribution in [1.29, 1.82) is 0 Å². The first-order valence-electron chi connectivity index (χ1n) is 6.35. The van der Waals surface area contributed by atoms with Gasteiger partial charge in [-0.2, -0.15) is 11.8 Å². The van der Waals surface area contributed by atoms with E-state index in [0.717, 1.165) is 12.2 Å². The quantitative estimate of drug-likeness (QED) is 0.779. The van der Waals surface area contributed by atoms with Crippen molar-refractivity contribution in [2.24, 2.45) is 0 Å². The summed E-state index contributed by atoms with van der Waals surface area (Å²) in [5.74, 6) is -0.247. The Hall–Kier alpha value is -0.950. The standard InChI is InChI=1S/C12H22N2O4S/c1-4-8(7-19-3)13(2)12(18)14-6-9(15)5-10(14)11(16)17/h8-10,15H,4-7H2,1-3H3,(H,16,17)/t8?,9-,10-/m0/s1. The Kier molecular flexibility index (Phi) is 5.93. The van der Waals surface area contributed by atoms with Gasteiger partial charge in [0.2, 0.25) is 0 Å². The summed E-state index contributed by atoms with van der Waals surface area (Å²) in [6.45, 7) is 2.09. The van der Waals surface area contributed by atoms with Crippen LogP contribution >= 0.6 is 11.8 Å². The van der Waals surface area contributed by atoms with Crippen molar-refractivity contribution in [2.75, 3.05) is 25.6 Å². The Bertz CT molecular complexity index is 340. The first-order chi connectivity index (χ1) is 8.92. The first kappa shape index (κ1) is 16.1. The normalized spacial score (nSPS) is 24.3. The van der Waals surface area contributed by atoms with E-state index in [1.54, 1.807) is 23.7 Å². The highest BCUT2D eigenvalue weighted by atomic mass is 32.2. The van der Waals surface area contributed by atoms with Crippen LogP contribution in [0.4, 0.5) is 4.79 Å². The monoisotopic (exact) mass is 290 g/mol. The minimum Gasteiger partial charge on any atom is -0.480 e. The molecule has 1 heterocycles. The summed E-state index contributed by atoms with van der Waals surface area (Å²) in [6.07, 6.45) is 2.14. The van der Waals surface area contributed by atoms with Crippen LogP contribution in [0.25, 0.3) is 0 Å². The predicted molar refractivity (Wildman–Crippen MR) is 74.4 cm³/mol. The number of aliphatic hydroxyl groups is 1. The van der Waals surface area contributed by atoms with Crippen LogP contribution in [-0.2, 0) is 4.79 Å². The summed E-state index contributed by atoms with van der Waals surface area (Å²) in [5, 5.41) is 18.7. The smallest absolute Gasteiger partial charge is 0.326 e. The molecule has 0 aromatic heterocycles. The van der Waals surface area contributed by atoms with Gasteiger partial charge in [0.1, 0.15) is 6.04 Å². The Morgan fingerprint density at radius 2 is 2.16 bits per heavy atom. The molecule has 2 N–H and O–H groups in total. The molecule has 6 nitrogen and oxygen atoms in total. The van der Waals surface area contributed by atoms with Crippen LogP contribution in [0.2, 0.25) is 0 Å². The van der Waals surface area contributed by atoms with Crippen molar-refractivity contribution in [2.45, 2.75) is 38.0 Å². The maximum atomic E-state index is 12.3. The average molecular weight is 290 g/mol. The molecule has 1 aliphatic heterocycles. The molecule has 19 heavy (non-hydrogen) atoms. The summed E-state index contributed by atoms with van der Waals surface area (Å²) in [6, 6.07) is -1.16. The molecule has 0 aromatic rings. The first-order valence-corrected chi connectivity index (χ1v) is 7.74. The van der Waals surface area contributed by atoms with E-state index < -0.39 is 18.1 Å². The lowest BCUT2D eigenvalue weighted by atomic mass is 10.2. The molecule has 0 aromatic carbocycles. The molecule has 3 atom stereocenters. The van der Waals surface area contributed by atoms with Gasteiger partial charge in [-0.15, -0.1) is 0 Å². The van der Waals surface area contributed by atoms with E-state index in [4.69, 9.17) is 5.11 Å². The molecule has 0 saturated carbocycles. The number of rotatable bonds is 5. The van der Waals surface area contributed by atoms with E-state index in [1.165, 1.54) is 4.90 Å². The topological polar surface area (TPSA) is 81.1 Å². The van der Waals surface area contributed by atoms with Gasteiger partial charge in [-0.1, -0.05) is 6.92 Å². The number of carbonyl (C=O) groups excluding carboxylic acids is 1. The number of aliphatic hydroxyl groups excluding tert-OH is 1. The highest BCUT2D eigenvalue weighted by Gasteiger charge is 2.40. The molecule has 2 amide bonds. The predicted octanol–water partition coefficient (Wildman–Crippen LogP) is 0.700. The maximum absolute atomic E-state index is 12.3. The van der Waals surface area contributed by atoms with Crippen molar-refractivity contribution < 1.29 is 19.8 Å². The van der Waals surface area contributed by atoms with E-state index >= 15 is 0 Å². The molecular weight excluding hydrogens is 268 g/mol. The minimum absolute atomic E-state index is 0.0784. The molecule has 0 aliphatic carbocycles. The van der Waals surface area contributed by atoms with Crippen LogP contribution in [-0.4, -0.2) is 75.8 Å². The van der Waals surface area contributed by atoms with Crippen LogP contribution in [0.5, 0.6) is 0 Å². The van der Waals surface area contributed by atoms with Gasteiger partial charge in [0, 0.05) is 31.8 Å². The molecule has 1 fully saturated rings. The lowest BCUT2D eigenvalue weighted by Gasteiger charge is -2.32. The SMILES string of the molecule is CCC(CSC)N(C)C(=O)N1C[C@@H](O)C[C@H]1C(=O)O. The lowest BCUT2D eigenvalue weighted by Crippen LogP contribution is -2.50. The van der Waals surface area contributed by atoms with Crippen LogP contribution < -0.4 is 0 Å². The second kappa shape index (κ2) is 7.00. The molecule has 110 valence electrons. The number of carboxylic acids is 1. The van der Waals surface area contributed by atoms with Crippen molar-refractivity contribution in [1.82, 2.24) is 9.80 Å². The third kappa shape index (κ3) is 3.76. The summed E-state index contributed by atoms with van der Waals surface area (Å²) < 4.78 is 0. The fourth-order valence-electron chi connectivity index (χ4n) is 2.31. The minimum atomic E-state index is -1.06. The number of aliphatic carboxylic acids is 1. The van der Waals surface area contributed by atoms with E-state index in [9.17, 15) is 14.7 Å². The second-order valence-corrected chi connectivity index (χ2v) is 5.72. The number of urea groups is 1. The third-order valence-corrected chi connectivity index (χ3v) is 4.21. The number of β-amino-alcohol motifs (C(OH)–C–C–N with tert-alkyl or cyclic N) is 1. The molecule has 1 saturated heterocycles. The number of carboxylic acid groups (broad SMARTS) is 1. The third-order valence-electron chi connectivity index (χ3n) is 3.49. The molecule has 0 radical (unpaired) electrons. The lowest BCUT2D eigenvalue weighted by molar-refractivity contribution is -0.141. The van der Waals surface area contributed by atoms with Gasteiger partial charge in [-0.25, -0.2) is 9.59 Å². The van der Waals surface area contributed by atoms with Gasteiger partial charge < -0.3 is 20.0 Å². The summed E-state index contributed by atoms with van der Waals surface area (Å²) in [7, 11) is 1.69. The van der Waals surface area contributed by atoms with Crippen molar-refractivity contribution in [3.05, 3.63) is 0 Å². The number of thioether (sulfide) groups is 1. The summed E-state index contributed by atoms with van der Waals surface area (Å²) in [4.78, 5) is 26.3. The average Bonchev–Trinajstić information content (AvgIpc) is 2.76. The van der Waals surface area contributed by atoms with Crippen LogP contribution in [0.1, 0.15) is 19.8 Å². The van der Waals surface area contributed by atoms with Gasteiger partial charge in [0.25, 0.3) is 0 Å².